The van der Waals surface area contributed by atoms with Crippen molar-refractivity contribution in [3.63, 3.8) is 0 Å². The summed E-state index contributed by atoms with van der Waals surface area (Å²) in [5.74, 6) is 0.594. The van der Waals surface area contributed by atoms with Crippen LogP contribution in [0.1, 0.15) is 10.8 Å². The average Bonchev–Trinajstić information content (AvgIpc) is 2.56. The lowest BCUT2D eigenvalue weighted by Gasteiger charge is -2.30. The summed E-state index contributed by atoms with van der Waals surface area (Å²) in [4.78, 5) is 26.2. The quantitative estimate of drug-likeness (QED) is 0.817. The highest BCUT2D eigenvalue weighted by Crippen LogP contribution is 2.37. The van der Waals surface area contributed by atoms with Gasteiger partial charge in [-0.1, -0.05) is 30.3 Å². The van der Waals surface area contributed by atoms with Gasteiger partial charge in [-0.05, 0) is 29.8 Å². The predicted octanol–water partition coefficient (Wildman–Crippen LogP) is 3.04. The second-order valence-corrected chi connectivity index (χ2v) is 5.96. The van der Waals surface area contributed by atoms with Crippen molar-refractivity contribution in [3.8, 4) is 5.75 Å². The third kappa shape index (κ3) is 2.72. The molecule has 0 bridgehead atoms. The van der Waals surface area contributed by atoms with Gasteiger partial charge in [-0.2, -0.15) is 0 Å². The minimum absolute atomic E-state index is 0.188. The molecule has 112 valence electrons. The van der Waals surface area contributed by atoms with Crippen molar-refractivity contribution in [2.45, 2.75) is 5.25 Å². The Morgan fingerprint density at radius 3 is 2.36 bits per heavy atom. The molecule has 0 aliphatic carbocycles. The Balaban J connectivity index is 1.91. The molecule has 1 fully saturated rings. The fraction of sp³-hybridized carbons (Fsp3) is 0.176. The van der Waals surface area contributed by atoms with Crippen LogP contribution in [0, 0.1) is 0 Å². The first-order valence-electron chi connectivity index (χ1n) is 6.88. The molecule has 1 atom stereocenters. The first-order chi connectivity index (χ1) is 10.7. The molecule has 0 spiro atoms. The Morgan fingerprint density at radius 1 is 1.05 bits per heavy atom. The van der Waals surface area contributed by atoms with Crippen LogP contribution in [-0.2, 0) is 9.59 Å². The SMILES string of the molecule is COc1ccc(N2C(=O)CS[C@H](c3ccccc3)C2=O)cc1. The van der Waals surface area contributed by atoms with Gasteiger partial charge in [0.05, 0.1) is 18.6 Å². The molecular formula is C17H15NO3S. The Morgan fingerprint density at radius 2 is 1.73 bits per heavy atom. The zero-order valence-corrected chi connectivity index (χ0v) is 12.9. The number of carbonyl (C=O) groups excluding carboxylic acids is 2. The van der Waals surface area contributed by atoms with Crippen LogP contribution < -0.4 is 9.64 Å². The van der Waals surface area contributed by atoms with E-state index < -0.39 is 0 Å². The van der Waals surface area contributed by atoms with Gasteiger partial charge in [-0.3, -0.25) is 9.59 Å². The highest BCUT2D eigenvalue weighted by molar-refractivity contribution is 8.01. The highest BCUT2D eigenvalue weighted by atomic mass is 32.2. The van der Waals surface area contributed by atoms with Crippen LogP contribution >= 0.6 is 11.8 Å². The van der Waals surface area contributed by atoms with Crippen LogP contribution in [0.3, 0.4) is 0 Å². The van der Waals surface area contributed by atoms with E-state index in [-0.39, 0.29) is 22.8 Å². The van der Waals surface area contributed by atoms with Crippen LogP contribution in [-0.4, -0.2) is 24.7 Å². The van der Waals surface area contributed by atoms with Crippen LogP contribution in [0.25, 0.3) is 0 Å². The number of methoxy groups -OCH3 is 1. The molecule has 22 heavy (non-hydrogen) atoms. The molecule has 1 saturated heterocycles. The van der Waals surface area contributed by atoms with Gasteiger partial charge >= 0.3 is 0 Å². The molecular weight excluding hydrogens is 298 g/mol. The van der Waals surface area contributed by atoms with E-state index in [0.29, 0.717) is 11.4 Å². The highest BCUT2D eigenvalue weighted by Gasteiger charge is 2.36. The fourth-order valence-corrected chi connectivity index (χ4v) is 3.44. The van der Waals surface area contributed by atoms with Gasteiger partial charge in [0, 0.05) is 0 Å². The molecule has 5 heteroatoms. The maximum atomic E-state index is 12.7. The molecule has 0 saturated carbocycles. The summed E-state index contributed by atoms with van der Waals surface area (Å²) in [5.41, 5.74) is 1.50. The topological polar surface area (TPSA) is 46.6 Å². The number of imide groups is 1. The summed E-state index contributed by atoms with van der Waals surface area (Å²) in [5, 5.41) is -0.346. The smallest absolute Gasteiger partial charge is 0.251 e. The number of ether oxygens (including phenoxy) is 1. The molecule has 2 aromatic rings. The number of hydrogen-bond donors (Lipinski definition) is 0. The Labute approximate surface area is 133 Å². The molecule has 4 nitrogen and oxygen atoms in total. The van der Waals surface area contributed by atoms with Crippen molar-refractivity contribution in [3.05, 3.63) is 60.2 Å². The number of hydrogen-bond acceptors (Lipinski definition) is 4. The molecule has 1 aliphatic rings. The first kappa shape index (κ1) is 14.7. The summed E-state index contributed by atoms with van der Waals surface area (Å²) in [6.45, 7) is 0. The zero-order chi connectivity index (χ0) is 15.5. The van der Waals surface area contributed by atoms with E-state index in [4.69, 9.17) is 4.74 Å². The second kappa shape index (κ2) is 6.23. The zero-order valence-electron chi connectivity index (χ0n) is 12.1. The van der Waals surface area contributed by atoms with Crippen molar-refractivity contribution < 1.29 is 14.3 Å². The van der Waals surface area contributed by atoms with Crippen LogP contribution in [0.2, 0.25) is 0 Å². The Hall–Kier alpha value is -2.27. The third-order valence-corrected chi connectivity index (χ3v) is 4.72. The third-order valence-electron chi connectivity index (χ3n) is 3.50. The van der Waals surface area contributed by atoms with E-state index in [1.807, 2.05) is 30.3 Å². The number of anilines is 1. The number of nitrogens with zero attached hydrogens (tertiary/aromatic N) is 1. The molecule has 0 N–H and O–H groups in total. The van der Waals surface area contributed by atoms with E-state index in [1.165, 1.54) is 16.7 Å². The predicted molar refractivity (Wildman–Crippen MR) is 87.1 cm³/mol. The van der Waals surface area contributed by atoms with Crippen molar-refractivity contribution in [1.29, 1.82) is 0 Å². The number of amides is 2. The lowest BCUT2D eigenvalue weighted by Crippen LogP contribution is -2.44. The van der Waals surface area contributed by atoms with Gasteiger partial charge in [0.15, 0.2) is 0 Å². The van der Waals surface area contributed by atoms with Crippen molar-refractivity contribution in [1.82, 2.24) is 0 Å². The van der Waals surface area contributed by atoms with E-state index in [1.54, 1.807) is 31.4 Å². The van der Waals surface area contributed by atoms with Gasteiger partial charge in [-0.25, -0.2) is 4.90 Å². The minimum atomic E-state index is -0.346. The van der Waals surface area contributed by atoms with Gasteiger partial charge < -0.3 is 4.74 Å². The molecule has 2 amide bonds. The molecule has 2 aromatic carbocycles. The van der Waals surface area contributed by atoms with Gasteiger partial charge in [0.1, 0.15) is 11.0 Å². The van der Waals surface area contributed by atoms with Gasteiger partial charge in [-0.15, -0.1) is 11.8 Å². The Kier molecular flexibility index (Phi) is 4.15. The molecule has 1 heterocycles. The van der Waals surface area contributed by atoms with Crippen LogP contribution in [0.5, 0.6) is 5.75 Å². The molecule has 3 rings (SSSR count). The average molecular weight is 313 g/mol. The fourth-order valence-electron chi connectivity index (χ4n) is 2.40. The molecule has 0 aromatic heterocycles. The standard InChI is InChI=1S/C17H15NO3S/c1-21-14-9-7-13(8-10-14)18-15(19)11-22-16(17(18)20)12-5-3-2-4-6-12/h2-10,16H,11H2,1H3/t16-/m1/s1. The van der Waals surface area contributed by atoms with E-state index >= 15 is 0 Å². The van der Waals surface area contributed by atoms with Crippen LogP contribution in [0.15, 0.2) is 54.6 Å². The number of thioether (sulfide) groups is 1. The maximum Gasteiger partial charge on any atom is 0.251 e. The van der Waals surface area contributed by atoms with Crippen LogP contribution in [0.4, 0.5) is 5.69 Å². The summed E-state index contributed by atoms with van der Waals surface area (Å²) >= 11 is 1.37. The summed E-state index contributed by atoms with van der Waals surface area (Å²) in [6.07, 6.45) is 0. The van der Waals surface area contributed by atoms with Crippen molar-refractivity contribution in [2.24, 2.45) is 0 Å². The van der Waals surface area contributed by atoms with Crippen molar-refractivity contribution >= 4 is 29.3 Å². The van der Waals surface area contributed by atoms with E-state index in [9.17, 15) is 9.59 Å². The normalized spacial score (nSPS) is 18.4. The summed E-state index contributed by atoms with van der Waals surface area (Å²) in [6, 6.07) is 16.5. The van der Waals surface area contributed by atoms with Gasteiger partial charge in [0.25, 0.3) is 5.91 Å². The van der Waals surface area contributed by atoms with Crippen molar-refractivity contribution in [2.75, 3.05) is 17.8 Å². The minimum Gasteiger partial charge on any atom is -0.497 e. The molecule has 0 unspecified atom stereocenters. The Bertz CT molecular complexity index is 685. The van der Waals surface area contributed by atoms with E-state index in [2.05, 4.69) is 0 Å². The molecule has 1 aliphatic heterocycles. The number of rotatable bonds is 3. The largest absolute Gasteiger partial charge is 0.497 e. The van der Waals surface area contributed by atoms with E-state index in [0.717, 1.165) is 5.56 Å². The first-order valence-corrected chi connectivity index (χ1v) is 7.93. The number of carbonyl (C=O) groups is 2. The lowest BCUT2D eigenvalue weighted by atomic mass is 10.1. The summed E-state index contributed by atoms with van der Waals surface area (Å²) in [7, 11) is 1.58. The maximum absolute atomic E-state index is 12.7. The van der Waals surface area contributed by atoms with Gasteiger partial charge in [0.2, 0.25) is 5.91 Å². The lowest BCUT2D eigenvalue weighted by molar-refractivity contribution is -0.125. The number of benzene rings is 2. The monoisotopic (exact) mass is 313 g/mol. The molecule has 0 radical (unpaired) electrons. The summed E-state index contributed by atoms with van der Waals surface area (Å²) < 4.78 is 5.11. The second-order valence-electron chi connectivity index (χ2n) is 4.87.